The highest BCUT2D eigenvalue weighted by molar-refractivity contribution is 5.88. The molecular formula is C3H5FO4. The zero-order valence-electron chi connectivity index (χ0n) is 3.83. The molecule has 2 N–H and O–H groups in total. The van der Waals surface area contributed by atoms with Crippen LogP contribution < -0.4 is 0 Å². The van der Waals surface area contributed by atoms with Crippen LogP contribution in [-0.4, -0.2) is 22.2 Å². The van der Waals surface area contributed by atoms with Crippen molar-refractivity contribution in [3.8, 4) is 0 Å². The molecule has 4 nitrogen and oxygen atoms in total. The molecule has 0 aromatic carbocycles. The van der Waals surface area contributed by atoms with Gasteiger partial charge in [0.15, 0.2) is 0 Å². The topological polar surface area (TPSA) is 74.6 Å². The summed E-state index contributed by atoms with van der Waals surface area (Å²) in [7, 11) is 0. The Bertz CT molecular complexity index is 87.5. The van der Waals surface area contributed by atoms with Gasteiger partial charge in [-0.2, -0.15) is 0 Å². The molecule has 0 aliphatic heterocycles. The molecule has 0 spiro atoms. The molecule has 0 atom stereocenters. The molecule has 48 valence electrons. The number of halogens is 1. The molecule has 0 radical (unpaired) electrons. The van der Waals surface area contributed by atoms with Gasteiger partial charge in [0.1, 0.15) is 6.42 Å². The third kappa shape index (κ3) is 8.85. The van der Waals surface area contributed by atoms with E-state index in [9.17, 15) is 9.59 Å². The Kier molecular flexibility index (Phi) is 5.04. The van der Waals surface area contributed by atoms with Gasteiger partial charge in [0, 0.05) is 0 Å². The lowest BCUT2D eigenvalue weighted by Crippen LogP contribution is -2.03. The predicted octanol–water partition coefficient (Wildman–Crippen LogP) is -0.302. The Morgan fingerprint density at radius 2 is 1.38 bits per heavy atom. The minimum Gasteiger partial charge on any atom is -0.481 e. The maximum atomic E-state index is 9.43. The number of carbonyl (C=O) groups is 2. The average molecular weight is 124 g/mol. The molecule has 5 heteroatoms. The van der Waals surface area contributed by atoms with Crippen molar-refractivity contribution in [2.24, 2.45) is 0 Å². The Morgan fingerprint density at radius 1 is 1.12 bits per heavy atom. The van der Waals surface area contributed by atoms with Crippen LogP contribution in [0.25, 0.3) is 0 Å². The molecule has 0 saturated carbocycles. The summed E-state index contributed by atoms with van der Waals surface area (Å²) in [6.45, 7) is 0. The lowest BCUT2D eigenvalue weighted by molar-refractivity contribution is -0.147. The van der Waals surface area contributed by atoms with Crippen molar-refractivity contribution in [3.63, 3.8) is 0 Å². The number of rotatable bonds is 2. The highest BCUT2D eigenvalue weighted by atomic mass is 19.0. The fourth-order valence-corrected chi connectivity index (χ4v) is 0.129. The number of carboxylic acid groups (broad SMARTS) is 2. The quantitative estimate of drug-likeness (QED) is 0.495. The van der Waals surface area contributed by atoms with Gasteiger partial charge in [-0.3, -0.25) is 14.3 Å². The van der Waals surface area contributed by atoms with Crippen LogP contribution >= 0.6 is 0 Å². The van der Waals surface area contributed by atoms with Gasteiger partial charge in [-0.25, -0.2) is 0 Å². The van der Waals surface area contributed by atoms with Crippen molar-refractivity contribution < 1.29 is 24.5 Å². The van der Waals surface area contributed by atoms with E-state index in [1.165, 1.54) is 0 Å². The second kappa shape index (κ2) is 4.04. The van der Waals surface area contributed by atoms with E-state index < -0.39 is 18.4 Å². The Morgan fingerprint density at radius 3 is 1.38 bits per heavy atom. The molecule has 0 heterocycles. The summed E-state index contributed by atoms with van der Waals surface area (Å²) in [6.07, 6.45) is -0.806. The second-order valence-electron chi connectivity index (χ2n) is 0.964. The number of hydrogen-bond donors (Lipinski definition) is 2. The van der Waals surface area contributed by atoms with E-state index in [4.69, 9.17) is 10.2 Å². The van der Waals surface area contributed by atoms with Crippen molar-refractivity contribution in [3.05, 3.63) is 0 Å². The van der Waals surface area contributed by atoms with Crippen molar-refractivity contribution in [1.29, 1.82) is 0 Å². The first-order chi connectivity index (χ1) is 3.13. The predicted molar refractivity (Wildman–Crippen MR) is 22.4 cm³/mol. The van der Waals surface area contributed by atoms with E-state index in [1.54, 1.807) is 0 Å². The van der Waals surface area contributed by atoms with Gasteiger partial charge in [-0.05, 0) is 0 Å². The zero-order valence-corrected chi connectivity index (χ0v) is 3.83. The zero-order chi connectivity index (χ0) is 5.86. The lowest BCUT2D eigenvalue weighted by Gasteiger charge is -1.80. The van der Waals surface area contributed by atoms with Gasteiger partial charge >= 0.3 is 11.9 Å². The van der Waals surface area contributed by atoms with E-state index in [-0.39, 0.29) is 4.70 Å². The van der Waals surface area contributed by atoms with Crippen LogP contribution in [0.3, 0.4) is 0 Å². The van der Waals surface area contributed by atoms with Crippen LogP contribution in [-0.2, 0) is 9.59 Å². The summed E-state index contributed by atoms with van der Waals surface area (Å²) in [5, 5.41) is 15.4. The van der Waals surface area contributed by atoms with E-state index in [0.717, 1.165) is 0 Å². The van der Waals surface area contributed by atoms with Gasteiger partial charge in [0.2, 0.25) is 0 Å². The van der Waals surface area contributed by atoms with Gasteiger partial charge in [-0.15, -0.1) is 0 Å². The van der Waals surface area contributed by atoms with E-state index in [0.29, 0.717) is 0 Å². The molecule has 0 bridgehead atoms. The summed E-state index contributed by atoms with van der Waals surface area (Å²) < 4.78 is 0. The van der Waals surface area contributed by atoms with E-state index in [2.05, 4.69) is 0 Å². The molecule has 0 unspecified atom stereocenters. The minimum atomic E-state index is -1.31. The van der Waals surface area contributed by atoms with Crippen molar-refractivity contribution in [1.82, 2.24) is 0 Å². The maximum absolute atomic E-state index is 9.43. The second-order valence-corrected chi connectivity index (χ2v) is 0.964. The molecule has 0 saturated heterocycles. The van der Waals surface area contributed by atoms with Gasteiger partial charge in [-0.1, -0.05) is 0 Å². The van der Waals surface area contributed by atoms with Gasteiger partial charge in [0.25, 0.3) is 0 Å². The first-order valence-electron chi connectivity index (χ1n) is 1.56. The molecule has 0 aromatic heterocycles. The van der Waals surface area contributed by atoms with Crippen molar-refractivity contribution in [2.75, 3.05) is 0 Å². The van der Waals surface area contributed by atoms with Crippen LogP contribution in [0.2, 0.25) is 0 Å². The maximum Gasteiger partial charge on any atom is 0.314 e. The summed E-state index contributed by atoms with van der Waals surface area (Å²) in [6, 6.07) is 0. The summed E-state index contributed by atoms with van der Waals surface area (Å²) in [5.74, 6) is -2.62. The summed E-state index contributed by atoms with van der Waals surface area (Å²) in [5.41, 5.74) is 0. The Balaban J connectivity index is 0. The van der Waals surface area contributed by atoms with Crippen LogP contribution in [0.4, 0.5) is 4.70 Å². The molecular weight excluding hydrogens is 119 g/mol. The molecule has 0 amide bonds. The molecule has 0 rings (SSSR count). The number of hydrogen-bond acceptors (Lipinski definition) is 2. The first-order valence-corrected chi connectivity index (χ1v) is 1.56. The third-order valence-corrected chi connectivity index (χ3v) is 0.302. The number of carboxylic acids is 2. The summed E-state index contributed by atoms with van der Waals surface area (Å²) >= 11 is 0. The fourth-order valence-electron chi connectivity index (χ4n) is 0.129. The van der Waals surface area contributed by atoms with Crippen LogP contribution in [0.5, 0.6) is 0 Å². The molecule has 8 heavy (non-hydrogen) atoms. The lowest BCUT2D eigenvalue weighted by atomic mass is 10.5. The van der Waals surface area contributed by atoms with Gasteiger partial charge < -0.3 is 10.2 Å². The SMILES string of the molecule is F.O=C(O)CC(=O)O. The standard InChI is InChI=1S/C3H4O4.FH/c4-2(5)1-3(6)7;/h1H2,(H,4,5)(H,6,7);1H. The van der Waals surface area contributed by atoms with Crippen molar-refractivity contribution >= 4 is 11.9 Å². The monoisotopic (exact) mass is 124 g/mol. The van der Waals surface area contributed by atoms with E-state index >= 15 is 0 Å². The van der Waals surface area contributed by atoms with Gasteiger partial charge in [0.05, 0.1) is 0 Å². The third-order valence-electron chi connectivity index (χ3n) is 0.302. The normalized spacial score (nSPS) is 7.00. The molecule has 0 aromatic rings. The molecule has 0 fully saturated rings. The molecule has 0 aliphatic rings. The number of aliphatic carboxylic acids is 2. The van der Waals surface area contributed by atoms with Crippen LogP contribution in [0.1, 0.15) is 6.42 Å². The highest BCUT2D eigenvalue weighted by Crippen LogP contribution is 1.74. The smallest absolute Gasteiger partial charge is 0.314 e. The highest BCUT2D eigenvalue weighted by Gasteiger charge is 2.01. The Labute approximate surface area is 44.1 Å². The first kappa shape index (κ1) is 9.98. The Hall–Kier alpha value is -1.13. The largest absolute Gasteiger partial charge is 0.481 e. The van der Waals surface area contributed by atoms with Crippen LogP contribution in [0.15, 0.2) is 0 Å². The van der Waals surface area contributed by atoms with Crippen molar-refractivity contribution in [2.45, 2.75) is 6.42 Å². The fraction of sp³-hybridized carbons (Fsp3) is 0.333. The molecule has 0 aliphatic carbocycles. The average Bonchev–Trinajstić information content (AvgIpc) is 1.27. The van der Waals surface area contributed by atoms with Crippen LogP contribution in [0, 0.1) is 0 Å². The minimum absolute atomic E-state index is 0. The van der Waals surface area contributed by atoms with E-state index in [1.807, 2.05) is 0 Å². The summed E-state index contributed by atoms with van der Waals surface area (Å²) in [4.78, 5) is 18.9.